The summed E-state index contributed by atoms with van der Waals surface area (Å²) in [5, 5.41) is -4.28. The summed E-state index contributed by atoms with van der Waals surface area (Å²) in [6, 6.07) is 0. The molecule has 0 unspecified atom stereocenters. The Kier molecular flexibility index (Phi) is 9.47. The van der Waals surface area contributed by atoms with Crippen molar-refractivity contribution in [2.45, 2.75) is 7.59 Å². The predicted octanol–water partition coefficient (Wildman–Crippen LogP) is 8.97. The Morgan fingerprint density at radius 2 is 0.636 bits per heavy atom. The fourth-order valence-electron chi connectivity index (χ4n) is 4.05. The molecule has 0 spiro atoms. The van der Waals surface area contributed by atoms with E-state index in [4.69, 9.17) is 116 Å². The van der Waals surface area contributed by atoms with E-state index in [-0.39, 0.29) is 0 Å². The number of amides is 4. The number of carbonyl (C=O) groups is 4. The number of benzene rings is 2. The Balaban J connectivity index is 2.20. The lowest BCUT2D eigenvalue weighted by Gasteiger charge is -2.28. The number of hydrogen-bond acceptors (Lipinski definition) is 4. The van der Waals surface area contributed by atoms with Crippen molar-refractivity contribution in [1.29, 1.82) is 0 Å². The Morgan fingerprint density at radius 1 is 0.409 bits per heavy atom. The molecule has 234 valence electrons. The van der Waals surface area contributed by atoms with E-state index in [1.165, 1.54) is 0 Å². The van der Waals surface area contributed by atoms with Gasteiger partial charge in [0.15, 0.2) is 34.9 Å². The molecule has 0 bridgehead atoms. The van der Waals surface area contributed by atoms with Crippen molar-refractivity contribution in [1.82, 2.24) is 0 Å². The molecule has 0 radical (unpaired) electrons. The van der Waals surface area contributed by atoms with E-state index >= 15 is 26.3 Å². The van der Waals surface area contributed by atoms with Crippen LogP contribution in [0.1, 0.15) is 11.1 Å². The van der Waals surface area contributed by atoms with Gasteiger partial charge in [0.05, 0.1) is 11.1 Å². The number of halogens is 16. The quantitative estimate of drug-likeness (QED) is 0.134. The number of imide groups is 2. The summed E-state index contributed by atoms with van der Waals surface area (Å²) < 4.78 is 88.3. The summed E-state index contributed by atoms with van der Waals surface area (Å²) in [5.74, 6) is -21.5. The molecular weight excluding hydrogens is 825 g/mol. The molecule has 0 aromatic heterocycles. The third-order valence-corrected chi connectivity index (χ3v) is 8.54. The number of anilines is 2. The van der Waals surface area contributed by atoms with Crippen molar-refractivity contribution in [2.24, 2.45) is 0 Å². The Morgan fingerprint density at radius 3 is 0.841 bits per heavy atom. The van der Waals surface area contributed by atoms with Crippen molar-refractivity contribution in [3.05, 3.63) is 66.2 Å². The van der Waals surface area contributed by atoms with Gasteiger partial charge in [-0.3, -0.25) is 19.2 Å². The van der Waals surface area contributed by atoms with E-state index in [9.17, 15) is 19.2 Å². The van der Waals surface area contributed by atoms with Crippen LogP contribution in [0.4, 0.5) is 37.7 Å². The van der Waals surface area contributed by atoms with Crippen LogP contribution < -0.4 is 9.80 Å². The molecule has 2 aromatic carbocycles. The van der Waals surface area contributed by atoms with Gasteiger partial charge < -0.3 is 0 Å². The van der Waals surface area contributed by atoms with Gasteiger partial charge in [0.2, 0.25) is 7.59 Å². The number of alkyl halides is 6. The topological polar surface area (TPSA) is 74.8 Å². The van der Waals surface area contributed by atoms with Gasteiger partial charge in [-0.05, 0) is 0 Å². The second-order valence-corrected chi connectivity index (χ2v) is 14.3. The third-order valence-electron chi connectivity index (χ3n) is 5.81. The van der Waals surface area contributed by atoms with Crippen LogP contribution in [0.3, 0.4) is 0 Å². The van der Waals surface area contributed by atoms with Gasteiger partial charge in [-0.1, -0.05) is 116 Å². The van der Waals surface area contributed by atoms with Crippen molar-refractivity contribution >= 4 is 151 Å². The molecule has 44 heavy (non-hydrogen) atoms. The number of hydrogen-bond donors (Lipinski definition) is 0. The summed E-state index contributed by atoms with van der Waals surface area (Å²) in [7, 11) is 0. The summed E-state index contributed by atoms with van der Waals surface area (Å²) in [6.45, 7) is 0. The molecule has 2 aliphatic rings. The van der Waals surface area contributed by atoms with Gasteiger partial charge in [-0.2, -0.15) is 0 Å². The Bertz CT molecular complexity index is 1660. The van der Waals surface area contributed by atoms with E-state index in [0.29, 0.717) is 0 Å². The van der Waals surface area contributed by atoms with Crippen molar-refractivity contribution in [3.63, 3.8) is 0 Å². The minimum absolute atomic E-state index is 0.413. The highest BCUT2D eigenvalue weighted by Crippen LogP contribution is 2.55. The van der Waals surface area contributed by atoms with Crippen molar-refractivity contribution in [2.75, 3.05) is 9.80 Å². The summed E-state index contributed by atoms with van der Waals surface area (Å²) in [4.78, 5) is 48.9. The molecule has 2 aromatic rings. The first-order valence-corrected chi connectivity index (χ1v) is 14.2. The van der Waals surface area contributed by atoms with Crippen LogP contribution in [0.15, 0.2) is 20.1 Å². The molecule has 0 saturated carbocycles. The van der Waals surface area contributed by atoms with Crippen LogP contribution in [0.5, 0.6) is 0 Å². The van der Waals surface area contributed by atoms with Crippen LogP contribution in [0.25, 0.3) is 11.1 Å². The third kappa shape index (κ3) is 5.23. The lowest BCUT2D eigenvalue weighted by atomic mass is 9.92. The lowest BCUT2D eigenvalue weighted by molar-refractivity contribution is -0.121. The minimum Gasteiger partial charge on any atom is -0.267 e. The first kappa shape index (κ1) is 35.5. The Labute approximate surface area is 289 Å². The van der Waals surface area contributed by atoms with Gasteiger partial charge in [-0.15, -0.1) is 0 Å². The van der Waals surface area contributed by atoms with Gasteiger partial charge >= 0.3 is 0 Å². The number of nitrogens with zero attached hydrogens (tertiary/aromatic N) is 2. The summed E-state index contributed by atoms with van der Waals surface area (Å²) in [6.07, 6.45) is 0. The molecule has 22 heteroatoms. The van der Waals surface area contributed by atoms with Gasteiger partial charge in [-0.25, -0.2) is 36.1 Å². The molecule has 4 amide bonds. The second-order valence-electron chi connectivity index (χ2n) is 8.22. The molecule has 0 aliphatic carbocycles. The summed E-state index contributed by atoms with van der Waals surface area (Å²) >= 11 is 56.8. The number of rotatable bonds is 3. The zero-order chi connectivity index (χ0) is 33.7. The molecule has 2 heterocycles. The zero-order valence-corrected chi connectivity index (χ0v) is 27.1. The SMILES string of the molecule is O=C1C(Cl)=C(Cl)C(=O)N1c1c(F)c(F)c(-c2c(F)c(F)c(N3C(=O)C(Cl)=C(Cl)C3=O)c(F)c2C(Cl)(Cl)Cl)c(C(Cl)(Cl)Cl)c1F. The largest absolute Gasteiger partial charge is 0.278 e. The van der Waals surface area contributed by atoms with Crippen LogP contribution in [0, 0.1) is 34.9 Å². The highest BCUT2D eigenvalue weighted by atomic mass is 35.6. The first-order chi connectivity index (χ1) is 20.0. The molecular formula is C22Cl10F6N2O4. The molecule has 0 N–H and O–H groups in total. The van der Waals surface area contributed by atoms with Gasteiger partial charge in [0.25, 0.3) is 23.6 Å². The van der Waals surface area contributed by atoms with E-state index in [0.717, 1.165) is 0 Å². The fraction of sp³-hybridized carbons (Fsp3) is 0.0909. The highest BCUT2D eigenvalue weighted by molar-refractivity contribution is 6.68. The van der Waals surface area contributed by atoms with E-state index < -0.39 is 130 Å². The minimum atomic E-state index is -3.36. The van der Waals surface area contributed by atoms with Crippen molar-refractivity contribution in [3.8, 4) is 11.1 Å². The second kappa shape index (κ2) is 11.7. The molecule has 0 saturated heterocycles. The zero-order valence-electron chi connectivity index (χ0n) is 19.6. The molecule has 2 aliphatic heterocycles. The first-order valence-electron chi connectivity index (χ1n) is 10.4. The number of carbonyl (C=O) groups excluding carboxylic acids is 4. The predicted molar refractivity (Wildman–Crippen MR) is 153 cm³/mol. The smallest absolute Gasteiger partial charge is 0.267 e. The van der Waals surface area contributed by atoms with Crippen molar-refractivity contribution < 1.29 is 45.5 Å². The molecule has 0 fully saturated rings. The molecule has 0 atom stereocenters. The van der Waals surface area contributed by atoms with Gasteiger partial charge in [0, 0.05) is 11.1 Å². The normalized spacial score (nSPS) is 16.5. The summed E-state index contributed by atoms with van der Waals surface area (Å²) in [5.41, 5.74) is -11.3. The average molecular weight is 825 g/mol. The van der Waals surface area contributed by atoms with E-state index in [1.54, 1.807) is 0 Å². The average Bonchev–Trinajstić information content (AvgIpc) is 3.21. The van der Waals surface area contributed by atoms with E-state index in [1.807, 2.05) is 0 Å². The Hall–Kier alpha value is -1.32. The van der Waals surface area contributed by atoms with Crippen LogP contribution in [-0.2, 0) is 26.8 Å². The maximum atomic E-state index is 16.0. The molecule has 4 rings (SSSR count). The molecule has 6 nitrogen and oxygen atoms in total. The van der Waals surface area contributed by atoms with Crippen LogP contribution in [0.2, 0.25) is 0 Å². The standard InChI is InChI=1S/C22Cl10F6N2O4/c23-5-6(24)18(42)39(17(5)41)15-11(35)3(21(27,28)29)1(9(33)13(15)37)2-4(22(30,31)32)12(36)16(14(38)10(2)34)40-19(43)7(25)8(26)20(40)44. The van der Waals surface area contributed by atoms with Crippen LogP contribution in [-0.4, -0.2) is 23.6 Å². The van der Waals surface area contributed by atoms with Crippen LogP contribution >= 0.6 is 116 Å². The highest BCUT2D eigenvalue weighted by Gasteiger charge is 2.49. The fourth-order valence-corrected chi connectivity index (χ4v) is 5.78. The van der Waals surface area contributed by atoms with E-state index in [2.05, 4.69) is 0 Å². The maximum absolute atomic E-state index is 16.0. The van der Waals surface area contributed by atoms with Gasteiger partial charge in [0.1, 0.15) is 31.5 Å². The monoisotopic (exact) mass is 820 g/mol. The maximum Gasteiger partial charge on any atom is 0.278 e. The lowest BCUT2D eigenvalue weighted by Crippen LogP contribution is -2.34.